The summed E-state index contributed by atoms with van der Waals surface area (Å²) in [7, 11) is -4.08. The average Bonchev–Trinajstić information content (AvgIpc) is 3.11. The number of nitrogens with two attached hydrogens (primary N) is 1. The van der Waals surface area contributed by atoms with E-state index in [0.717, 1.165) is 30.5 Å². The van der Waals surface area contributed by atoms with Gasteiger partial charge in [0.15, 0.2) is 11.5 Å². The van der Waals surface area contributed by atoms with Crippen molar-refractivity contribution >= 4 is 15.5 Å². The number of benzene rings is 1. The van der Waals surface area contributed by atoms with Crippen LogP contribution in [0.2, 0.25) is 0 Å². The van der Waals surface area contributed by atoms with Crippen LogP contribution in [0.3, 0.4) is 0 Å². The lowest BCUT2D eigenvalue weighted by Crippen LogP contribution is -2.17. The smallest absolute Gasteiger partial charge is 0.406 e. The Morgan fingerprint density at radius 1 is 1.07 bits per heavy atom. The second kappa shape index (κ2) is 7.27. The number of hydrogen-bond donors (Lipinski definition) is 1. The molecular weight excluding hydrogens is 425 g/mol. The Morgan fingerprint density at radius 2 is 1.70 bits per heavy atom. The molecule has 30 heavy (non-hydrogen) atoms. The summed E-state index contributed by atoms with van der Waals surface area (Å²) in [5.74, 6) is -0.0768. The number of nitrogen functional groups attached to an aromatic ring is 1. The average molecular weight is 442 g/mol. The fraction of sp³-hybridized carbons (Fsp3) is 0.278. The van der Waals surface area contributed by atoms with Gasteiger partial charge in [-0.15, -0.1) is 13.2 Å². The van der Waals surface area contributed by atoms with Crippen LogP contribution in [0.15, 0.2) is 50.8 Å². The fourth-order valence-electron chi connectivity index (χ4n) is 2.37. The predicted molar refractivity (Wildman–Crippen MR) is 99.2 cm³/mol. The second-order valence-electron chi connectivity index (χ2n) is 7.30. The number of nitrogens with zero attached hydrogens (tertiary/aromatic N) is 3. The number of sulfone groups is 1. The van der Waals surface area contributed by atoms with E-state index in [1.165, 1.54) is 6.07 Å². The van der Waals surface area contributed by atoms with E-state index in [2.05, 4.69) is 19.9 Å². The zero-order valence-electron chi connectivity index (χ0n) is 16.1. The van der Waals surface area contributed by atoms with Crippen molar-refractivity contribution in [2.45, 2.75) is 42.3 Å². The Hall–Kier alpha value is -3.15. The molecule has 0 unspecified atom stereocenters. The van der Waals surface area contributed by atoms with Crippen LogP contribution in [0.1, 0.15) is 26.6 Å². The molecule has 0 radical (unpaired) electrons. The van der Waals surface area contributed by atoms with Crippen molar-refractivity contribution in [1.82, 2.24) is 15.1 Å². The maximum Gasteiger partial charge on any atom is 0.573 e. The van der Waals surface area contributed by atoms with E-state index in [4.69, 9.17) is 10.3 Å². The predicted octanol–water partition coefficient (Wildman–Crippen LogP) is 3.74. The van der Waals surface area contributed by atoms with Crippen LogP contribution >= 0.6 is 0 Å². The van der Waals surface area contributed by atoms with Crippen molar-refractivity contribution in [3.05, 3.63) is 42.4 Å². The summed E-state index contributed by atoms with van der Waals surface area (Å²) >= 11 is 0. The molecule has 0 saturated carbocycles. The molecule has 1 aromatic carbocycles. The molecule has 0 aliphatic heterocycles. The summed E-state index contributed by atoms with van der Waals surface area (Å²) in [5.41, 5.74) is 5.67. The molecule has 0 atom stereocenters. The van der Waals surface area contributed by atoms with Gasteiger partial charge in [-0.2, -0.15) is 4.98 Å². The van der Waals surface area contributed by atoms with Crippen molar-refractivity contribution in [2.24, 2.45) is 0 Å². The van der Waals surface area contributed by atoms with Crippen molar-refractivity contribution in [3.8, 4) is 17.3 Å². The van der Waals surface area contributed by atoms with Gasteiger partial charge in [-0.25, -0.2) is 13.4 Å². The van der Waals surface area contributed by atoms with Gasteiger partial charge in [0.2, 0.25) is 9.84 Å². The minimum absolute atomic E-state index is 0.0165. The van der Waals surface area contributed by atoms with Crippen molar-refractivity contribution < 1.29 is 30.8 Å². The van der Waals surface area contributed by atoms with Crippen LogP contribution in [0, 0.1) is 0 Å². The number of anilines is 1. The number of pyridine rings is 1. The fourth-order valence-corrected chi connectivity index (χ4v) is 3.61. The molecule has 0 aliphatic carbocycles. The summed E-state index contributed by atoms with van der Waals surface area (Å²) in [6, 6.07) is 4.96. The highest BCUT2D eigenvalue weighted by molar-refractivity contribution is 7.91. The van der Waals surface area contributed by atoms with Crippen molar-refractivity contribution in [3.63, 3.8) is 0 Å². The third-order valence-corrected chi connectivity index (χ3v) is 5.61. The molecule has 0 spiro atoms. The van der Waals surface area contributed by atoms with E-state index in [1.54, 1.807) is 0 Å². The Morgan fingerprint density at radius 3 is 2.20 bits per heavy atom. The maximum atomic E-state index is 12.8. The lowest BCUT2D eigenvalue weighted by Gasteiger charge is -2.11. The number of hydrogen-bond acceptors (Lipinski definition) is 8. The summed E-state index contributed by atoms with van der Waals surface area (Å²) in [5, 5.41) is 3.87. The molecule has 0 bridgehead atoms. The van der Waals surface area contributed by atoms with Gasteiger partial charge in [0, 0.05) is 11.6 Å². The molecule has 0 saturated heterocycles. The summed E-state index contributed by atoms with van der Waals surface area (Å²) in [4.78, 5) is 7.76. The Labute approximate surface area is 169 Å². The molecule has 0 aliphatic rings. The quantitative estimate of drug-likeness (QED) is 0.649. The Balaban J connectivity index is 1.91. The minimum Gasteiger partial charge on any atom is -0.406 e. The van der Waals surface area contributed by atoms with Gasteiger partial charge in [-0.3, -0.25) is 0 Å². The highest BCUT2D eigenvalue weighted by atomic mass is 32.2. The van der Waals surface area contributed by atoms with Crippen LogP contribution < -0.4 is 10.5 Å². The molecule has 0 amide bonds. The molecule has 0 fully saturated rings. The minimum atomic E-state index is -4.88. The molecule has 2 heterocycles. The zero-order chi connectivity index (χ0) is 22.3. The highest BCUT2D eigenvalue weighted by Crippen LogP contribution is 2.30. The van der Waals surface area contributed by atoms with E-state index < -0.39 is 21.9 Å². The highest BCUT2D eigenvalue weighted by Gasteiger charge is 2.31. The monoisotopic (exact) mass is 442 g/mol. The first-order valence-electron chi connectivity index (χ1n) is 8.48. The van der Waals surface area contributed by atoms with Gasteiger partial charge in [0.25, 0.3) is 5.89 Å². The maximum absolute atomic E-state index is 12.8. The molecule has 3 rings (SSSR count). The SMILES string of the molecule is CC(C)(C)c1noc(-c2ncc(S(=O)(=O)c3ccc(OC(F)(F)F)cc3)cc2N)n1. The van der Waals surface area contributed by atoms with E-state index in [-0.39, 0.29) is 32.5 Å². The van der Waals surface area contributed by atoms with E-state index in [1.807, 2.05) is 20.8 Å². The topological polar surface area (TPSA) is 121 Å². The number of rotatable bonds is 4. The van der Waals surface area contributed by atoms with Crippen molar-refractivity contribution in [1.29, 1.82) is 0 Å². The second-order valence-corrected chi connectivity index (χ2v) is 9.25. The standard InChI is InChI=1S/C18H17F3N4O4S/c1-17(2,3)16-24-15(29-25-16)14-13(22)8-12(9-23-14)30(26,27)11-6-4-10(5-7-11)28-18(19,20)21/h4-9H,22H2,1-3H3. The van der Waals surface area contributed by atoms with Gasteiger partial charge in [0.05, 0.1) is 15.5 Å². The van der Waals surface area contributed by atoms with Gasteiger partial charge in [-0.05, 0) is 30.3 Å². The van der Waals surface area contributed by atoms with Crippen molar-refractivity contribution in [2.75, 3.05) is 5.73 Å². The normalized spacial score (nSPS) is 12.7. The first-order chi connectivity index (χ1) is 13.8. The van der Waals surface area contributed by atoms with Crippen LogP contribution in [-0.4, -0.2) is 29.9 Å². The summed E-state index contributed by atoms with van der Waals surface area (Å²) < 4.78 is 71.2. The Bertz CT molecular complexity index is 1170. The van der Waals surface area contributed by atoms with Crippen LogP contribution in [0.4, 0.5) is 18.9 Å². The zero-order valence-corrected chi connectivity index (χ0v) is 16.9. The molecule has 2 N–H and O–H groups in total. The van der Waals surface area contributed by atoms with Gasteiger partial charge in [0.1, 0.15) is 5.75 Å². The first kappa shape index (κ1) is 21.6. The lowest BCUT2D eigenvalue weighted by atomic mass is 9.96. The molecule has 8 nitrogen and oxygen atoms in total. The van der Waals surface area contributed by atoms with Crippen LogP contribution in [-0.2, 0) is 15.3 Å². The first-order valence-corrected chi connectivity index (χ1v) is 9.97. The van der Waals surface area contributed by atoms with E-state index >= 15 is 0 Å². The third-order valence-electron chi connectivity index (χ3n) is 3.87. The molecule has 12 heteroatoms. The Kier molecular flexibility index (Phi) is 5.23. The van der Waals surface area contributed by atoms with E-state index in [9.17, 15) is 21.6 Å². The summed E-state index contributed by atoms with van der Waals surface area (Å²) in [6.45, 7) is 5.66. The van der Waals surface area contributed by atoms with Gasteiger partial charge >= 0.3 is 6.36 Å². The number of aromatic nitrogens is 3. The van der Waals surface area contributed by atoms with Gasteiger partial charge < -0.3 is 15.0 Å². The number of ether oxygens (including phenoxy) is 1. The van der Waals surface area contributed by atoms with Crippen LogP contribution in [0.25, 0.3) is 11.6 Å². The molecular formula is C18H17F3N4O4S. The molecule has 2 aromatic heterocycles. The lowest BCUT2D eigenvalue weighted by molar-refractivity contribution is -0.274. The number of alkyl halides is 3. The van der Waals surface area contributed by atoms with Gasteiger partial charge in [-0.1, -0.05) is 25.9 Å². The largest absolute Gasteiger partial charge is 0.573 e. The third kappa shape index (κ3) is 4.53. The number of halogens is 3. The summed E-state index contributed by atoms with van der Waals surface area (Å²) in [6.07, 6.45) is -3.82. The molecule has 160 valence electrons. The van der Waals surface area contributed by atoms with Crippen LogP contribution in [0.5, 0.6) is 5.75 Å². The molecule has 3 aromatic rings. The van der Waals surface area contributed by atoms with E-state index in [0.29, 0.717) is 5.82 Å².